The van der Waals surface area contributed by atoms with Gasteiger partial charge < -0.3 is 149 Å². The van der Waals surface area contributed by atoms with Crippen molar-refractivity contribution in [3.8, 4) is 0 Å². The predicted molar refractivity (Wildman–Crippen MR) is 194 cm³/mol. The lowest BCUT2D eigenvalue weighted by Gasteiger charge is -2.61. The third kappa shape index (κ3) is 8.32. The molecule has 30 heteroatoms. The zero-order valence-corrected chi connectivity index (χ0v) is 34.4. The summed E-state index contributed by atoms with van der Waals surface area (Å²) in [5.74, 6) is -3.55. The van der Waals surface area contributed by atoms with Crippen molar-refractivity contribution in [2.75, 3.05) is 39.6 Å². The van der Waals surface area contributed by atoms with Crippen LogP contribution < -0.4 is 0 Å². The molecule has 0 aromatic carbocycles. The molecule has 30 atom stereocenters. The van der Waals surface area contributed by atoms with E-state index in [1.165, 1.54) is 0 Å². The summed E-state index contributed by atoms with van der Waals surface area (Å²) in [6.45, 7) is -4.98. The molecule has 0 amide bonds. The second kappa shape index (κ2) is 19.8. The third-order valence-electron chi connectivity index (χ3n) is 13.5. The molecule has 8 fully saturated rings. The van der Waals surface area contributed by atoms with Gasteiger partial charge in [0.25, 0.3) is 0 Å². The van der Waals surface area contributed by atoms with Crippen LogP contribution in [0.3, 0.4) is 0 Å². The first-order chi connectivity index (χ1) is 31.3. The van der Waals surface area contributed by atoms with Gasteiger partial charge in [-0.1, -0.05) is 0 Å². The molecular weight excluding hydrogens is 912 g/mol. The van der Waals surface area contributed by atoms with Gasteiger partial charge in [0, 0.05) is 0 Å². The number of hydrogen-bond acceptors (Lipinski definition) is 30. The first kappa shape index (κ1) is 51.2. The van der Waals surface area contributed by atoms with Crippen LogP contribution in [0.1, 0.15) is 0 Å². The Bertz CT molecular complexity index is 1620. The van der Waals surface area contributed by atoms with Gasteiger partial charge in [-0.05, 0) is 0 Å². The minimum absolute atomic E-state index is 0.130. The minimum Gasteiger partial charge on any atom is -0.394 e. The van der Waals surface area contributed by atoms with E-state index >= 15 is 0 Å². The molecule has 0 saturated carbocycles. The Kier molecular flexibility index (Phi) is 15.3. The van der Waals surface area contributed by atoms with Crippen LogP contribution in [0.25, 0.3) is 0 Å². The molecule has 18 N–H and O–H groups in total. The molecule has 4 bridgehead atoms. The van der Waals surface area contributed by atoms with Crippen molar-refractivity contribution in [1.29, 1.82) is 0 Å². The summed E-state index contributed by atoms with van der Waals surface area (Å²) in [6.07, 6.45) is -54.1. The molecule has 382 valence electrons. The minimum atomic E-state index is -3.67. The second-order valence-electron chi connectivity index (χ2n) is 17.4. The highest BCUT2D eigenvalue weighted by molar-refractivity contribution is 5.18. The number of hydrogen-bond donors (Lipinski definition) is 18. The van der Waals surface area contributed by atoms with Crippen molar-refractivity contribution >= 4 is 0 Å². The van der Waals surface area contributed by atoms with E-state index in [2.05, 4.69) is 0 Å². The second-order valence-corrected chi connectivity index (χ2v) is 17.4. The van der Waals surface area contributed by atoms with E-state index in [0.29, 0.717) is 0 Å². The first-order valence-corrected chi connectivity index (χ1v) is 21.1. The van der Waals surface area contributed by atoms with Crippen molar-refractivity contribution in [2.45, 2.75) is 183 Å². The zero-order valence-electron chi connectivity index (χ0n) is 34.4. The van der Waals surface area contributed by atoms with Gasteiger partial charge in [0.15, 0.2) is 37.1 Å². The van der Waals surface area contributed by atoms with Gasteiger partial charge in [-0.3, -0.25) is 0 Å². The highest BCUT2D eigenvalue weighted by atomic mass is 16.8. The maximum Gasteiger partial charge on any atom is 0.233 e. The molecule has 8 aliphatic rings. The van der Waals surface area contributed by atoms with Crippen LogP contribution in [-0.4, -0.2) is 315 Å². The Morgan fingerprint density at radius 1 is 0.424 bits per heavy atom. The standard InChI is InChI=1S/C36H58O30/c37-1-7-13(41)16(44)18(46)32(59-7)64-29-10(4-40)57-31(53)28(51)35(29,54)36(27(50)17(45)14(42)9(3-39)65-36)66-23-12-6-56-26(23)21(49)34(61-12)63-24-15(43)8(2-38)60-33(20(24)48)62-22-11-5-55-25(22)19(47)30(52)58-11/h7-34,37-54H,1-6H2/t7-,8-,9-,10-,11?,12?,13+,14+,15?,16+,17+,18-,19?,20?,21?,22-,23-,24+,25?,26?,27-,28?,29-,30?,31?,32+,33+,34+,35-,36-/m1/s1. The van der Waals surface area contributed by atoms with E-state index in [-0.39, 0.29) is 6.61 Å². The van der Waals surface area contributed by atoms with Gasteiger partial charge in [0.1, 0.15) is 140 Å². The number of aliphatic hydroxyl groups excluding tert-OH is 17. The molecule has 30 nitrogen and oxygen atoms in total. The van der Waals surface area contributed by atoms with Gasteiger partial charge in [-0.15, -0.1) is 0 Å². The number of fused-ring (bicyclic) bond motifs is 4. The monoisotopic (exact) mass is 970 g/mol. The molecule has 0 spiro atoms. The molecule has 8 rings (SSSR count). The van der Waals surface area contributed by atoms with Crippen molar-refractivity contribution in [2.24, 2.45) is 0 Å². The number of rotatable bonds is 13. The maximum absolute atomic E-state index is 12.9. The third-order valence-corrected chi connectivity index (χ3v) is 13.5. The van der Waals surface area contributed by atoms with Crippen LogP contribution in [0.4, 0.5) is 0 Å². The van der Waals surface area contributed by atoms with Crippen LogP contribution >= 0.6 is 0 Å². The van der Waals surface area contributed by atoms with Gasteiger partial charge in [-0.2, -0.15) is 0 Å². The fourth-order valence-corrected chi connectivity index (χ4v) is 9.84. The van der Waals surface area contributed by atoms with E-state index < -0.39 is 216 Å². The summed E-state index contributed by atoms with van der Waals surface area (Å²) >= 11 is 0. The fourth-order valence-electron chi connectivity index (χ4n) is 9.84. The Morgan fingerprint density at radius 2 is 0.955 bits per heavy atom. The summed E-state index contributed by atoms with van der Waals surface area (Å²) in [4.78, 5) is 0. The molecule has 8 heterocycles. The normalized spacial score (nSPS) is 57.5. The average Bonchev–Trinajstić information content (AvgIpc) is 3.79. The summed E-state index contributed by atoms with van der Waals surface area (Å²) in [5, 5.41) is 197. The fraction of sp³-hybridized carbons (Fsp3) is 1.00. The van der Waals surface area contributed by atoms with Crippen molar-refractivity contribution < 1.29 is 149 Å². The van der Waals surface area contributed by atoms with E-state index in [0.717, 1.165) is 0 Å². The highest BCUT2D eigenvalue weighted by Crippen LogP contribution is 2.51. The molecule has 8 saturated heterocycles. The van der Waals surface area contributed by atoms with Crippen molar-refractivity contribution in [3.63, 3.8) is 0 Å². The Balaban J connectivity index is 1.09. The van der Waals surface area contributed by atoms with E-state index in [9.17, 15) is 91.9 Å². The lowest BCUT2D eigenvalue weighted by Crippen LogP contribution is -2.85. The summed E-state index contributed by atoms with van der Waals surface area (Å²) in [7, 11) is 0. The maximum atomic E-state index is 12.9. The van der Waals surface area contributed by atoms with Crippen LogP contribution in [0.5, 0.6) is 0 Å². The predicted octanol–water partition coefficient (Wildman–Crippen LogP) is -13.3. The van der Waals surface area contributed by atoms with Crippen LogP contribution in [-0.2, 0) is 56.8 Å². The van der Waals surface area contributed by atoms with Crippen LogP contribution in [0, 0.1) is 0 Å². The molecular formula is C36H58O30. The van der Waals surface area contributed by atoms with Crippen LogP contribution in [0.15, 0.2) is 0 Å². The zero-order chi connectivity index (χ0) is 47.9. The molecule has 11 unspecified atom stereocenters. The SMILES string of the molecule is OC[C@H]1O[C@@H](O[C@@H]2C3COC2C(O)C(O)O3)C(O)[C@@H](O[C@@H]2OC3COC(C2O)[C@@H]3O[C@]2([C@@]3(O)C(O)C(O)O[C@H](CO)[C@H]3O[C@@H]3O[C@H](CO)[C@H](O)[C@H](O)[C@H]3O)O[C@H](CO)[C@H](O)[C@H](O)[C@H]2O)C1O. The lowest BCUT2D eigenvalue weighted by atomic mass is 9.71. The average molecular weight is 971 g/mol. The van der Waals surface area contributed by atoms with E-state index in [4.69, 9.17) is 56.8 Å². The molecule has 8 aliphatic heterocycles. The molecule has 0 aromatic rings. The number of ether oxygens (including phenoxy) is 12. The summed E-state index contributed by atoms with van der Waals surface area (Å²) in [6, 6.07) is 0. The largest absolute Gasteiger partial charge is 0.394 e. The summed E-state index contributed by atoms with van der Waals surface area (Å²) < 4.78 is 68.5. The van der Waals surface area contributed by atoms with Crippen molar-refractivity contribution in [3.05, 3.63) is 0 Å². The topological polar surface area (TPSA) is 475 Å². The molecule has 0 radical (unpaired) electrons. The quantitative estimate of drug-likeness (QED) is 0.0815. The molecule has 0 aromatic heterocycles. The Morgan fingerprint density at radius 3 is 1.58 bits per heavy atom. The van der Waals surface area contributed by atoms with Gasteiger partial charge in [-0.25, -0.2) is 0 Å². The Hall–Kier alpha value is -1.20. The van der Waals surface area contributed by atoms with E-state index in [1.54, 1.807) is 0 Å². The Labute approximate surface area is 371 Å². The number of aliphatic hydroxyl groups is 18. The van der Waals surface area contributed by atoms with Crippen LogP contribution in [0.2, 0.25) is 0 Å². The lowest BCUT2D eigenvalue weighted by molar-refractivity contribution is -0.484. The van der Waals surface area contributed by atoms with Gasteiger partial charge >= 0.3 is 0 Å². The van der Waals surface area contributed by atoms with Crippen molar-refractivity contribution in [1.82, 2.24) is 0 Å². The first-order valence-electron chi connectivity index (χ1n) is 21.1. The highest BCUT2D eigenvalue weighted by Gasteiger charge is 2.76. The molecule has 0 aliphatic carbocycles. The van der Waals surface area contributed by atoms with Gasteiger partial charge in [0.05, 0.1) is 39.6 Å². The summed E-state index contributed by atoms with van der Waals surface area (Å²) in [5.41, 5.74) is -3.67. The van der Waals surface area contributed by atoms with E-state index in [1.807, 2.05) is 0 Å². The smallest absolute Gasteiger partial charge is 0.233 e. The van der Waals surface area contributed by atoms with Gasteiger partial charge in [0.2, 0.25) is 5.79 Å². The molecule has 66 heavy (non-hydrogen) atoms.